The topological polar surface area (TPSA) is 226 Å². The van der Waals surface area contributed by atoms with Crippen molar-refractivity contribution in [3.05, 3.63) is 0 Å². The molecular formula is C2H13NO7Pt-6. The van der Waals surface area contributed by atoms with Crippen molar-refractivity contribution in [3.63, 3.8) is 0 Å². The minimum atomic E-state index is 0. The maximum atomic E-state index is 7.75. The van der Waals surface area contributed by atoms with Gasteiger partial charge in [-0.05, 0) is 0 Å². The molecule has 8 nitrogen and oxygen atoms in total. The van der Waals surface area contributed by atoms with Crippen LogP contribution in [0.2, 0.25) is 0 Å². The Hall–Kier alpha value is 0.368. The summed E-state index contributed by atoms with van der Waals surface area (Å²) in [4.78, 5) is 0. The summed E-state index contributed by atoms with van der Waals surface area (Å²) in [5, 5.41) is 7.75. The largest absolute Gasteiger partial charge is 0.870 e. The molecule has 0 aliphatic rings. The number of hydrogen-bond acceptors (Lipinski definition) is 8. The molecule has 84 valence electrons. The normalized spacial score (nSPS) is 2.73. The summed E-state index contributed by atoms with van der Waals surface area (Å²) >= 11 is 0. The Morgan fingerprint density at radius 1 is 0.818 bits per heavy atom. The minimum Gasteiger partial charge on any atom is -0.870 e. The van der Waals surface area contributed by atoms with Gasteiger partial charge >= 0.3 is 0 Å². The summed E-state index contributed by atoms with van der Waals surface area (Å²) in [7, 11) is 0. The van der Waals surface area contributed by atoms with Crippen LogP contribution in [-0.4, -0.2) is 51.1 Å². The molecule has 0 aliphatic heterocycles. The second-order valence-corrected chi connectivity index (χ2v) is 0.512. The average Bonchev–Trinajstić information content (AvgIpc) is 1.37. The summed E-state index contributed by atoms with van der Waals surface area (Å²) in [5.41, 5.74) is 4.78. The van der Waals surface area contributed by atoms with Crippen LogP contribution in [0.1, 0.15) is 0 Å². The Morgan fingerprint density at radius 2 is 0.909 bits per heavy atom. The molecule has 0 aliphatic carbocycles. The zero-order chi connectivity index (χ0) is 3.41. The fourth-order valence-electron chi connectivity index (χ4n) is 0. The molecule has 11 heavy (non-hydrogen) atoms. The zero-order valence-electron chi connectivity index (χ0n) is 5.44. The van der Waals surface area contributed by atoms with Crippen molar-refractivity contribution in [1.82, 2.24) is 0 Å². The second kappa shape index (κ2) is 162. The number of aliphatic hydroxyl groups is 1. The van der Waals surface area contributed by atoms with Gasteiger partial charge in [-0.25, -0.2) is 0 Å². The van der Waals surface area contributed by atoms with E-state index >= 15 is 0 Å². The molecule has 0 rings (SSSR count). The molecule has 0 saturated carbocycles. The quantitative estimate of drug-likeness (QED) is 0.525. The predicted octanol–water partition coefficient (Wildman–Crippen LogP) is -2.13. The zero-order valence-corrected chi connectivity index (χ0v) is 7.71. The molecule has 0 amide bonds. The predicted molar refractivity (Wildman–Crippen MR) is 27.8 cm³/mol. The van der Waals surface area contributed by atoms with E-state index in [1.165, 1.54) is 0 Å². The van der Waals surface area contributed by atoms with E-state index in [9.17, 15) is 0 Å². The smallest absolute Gasteiger partial charge is 0.0553 e. The van der Waals surface area contributed by atoms with Crippen LogP contribution in [0, 0.1) is 0 Å². The van der Waals surface area contributed by atoms with Crippen molar-refractivity contribution in [2.75, 3.05) is 13.2 Å². The molecule has 0 spiro atoms. The Labute approximate surface area is 78.5 Å². The first-order chi connectivity index (χ1) is 1.91. The molecule has 0 unspecified atom stereocenters. The third-order valence-electron chi connectivity index (χ3n) is 0.129. The van der Waals surface area contributed by atoms with Gasteiger partial charge in [0.25, 0.3) is 0 Å². The molecule has 0 heterocycles. The third kappa shape index (κ3) is 388. The van der Waals surface area contributed by atoms with E-state index in [0.29, 0.717) is 6.54 Å². The maximum absolute atomic E-state index is 7.75. The monoisotopic (exact) mass is 358 g/mol. The SMILES string of the molecule is NCCO.[OH-].[OH-].[OH-].[OH-].[OH-].[OH-].[Pt]. The van der Waals surface area contributed by atoms with Crippen molar-refractivity contribution >= 4 is 0 Å². The van der Waals surface area contributed by atoms with Crippen LogP contribution >= 0.6 is 0 Å². The molecule has 0 saturated heterocycles. The number of rotatable bonds is 1. The summed E-state index contributed by atoms with van der Waals surface area (Å²) < 4.78 is 0. The Balaban J connectivity index is -0.00000000214. The standard InChI is InChI=1S/C2H7NO.6H2O.Pt/c3-1-2-4;;;;;;;/h4H,1-3H2;6*1H2;/p-6. The van der Waals surface area contributed by atoms with Crippen LogP contribution in [-0.2, 0) is 21.1 Å². The van der Waals surface area contributed by atoms with Crippen molar-refractivity contribution in [1.29, 1.82) is 0 Å². The van der Waals surface area contributed by atoms with Gasteiger partial charge in [0, 0.05) is 27.6 Å². The molecule has 0 fully saturated rings. The van der Waals surface area contributed by atoms with Crippen LogP contribution in [0.25, 0.3) is 0 Å². The van der Waals surface area contributed by atoms with Gasteiger partial charge in [-0.3, -0.25) is 0 Å². The van der Waals surface area contributed by atoms with Crippen molar-refractivity contribution < 1.29 is 59.0 Å². The first kappa shape index (κ1) is 108. The van der Waals surface area contributed by atoms with Crippen LogP contribution < -0.4 is 5.73 Å². The average molecular weight is 358 g/mol. The Morgan fingerprint density at radius 3 is 0.909 bits per heavy atom. The molecule has 9 N–H and O–H groups in total. The van der Waals surface area contributed by atoms with E-state index in [1.807, 2.05) is 0 Å². The van der Waals surface area contributed by atoms with E-state index in [0.717, 1.165) is 0 Å². The summed E-state index contributed by atoms with van der Waals surface area (Å²) in [5.74, 6) is 0. The van der Waals surface area contributed by atoms with E-state index in [-0.39, 0.29) is 60.5 Å². The van der Waals surface area contributed by atoms with E-state index in [2.05, 4.69) is 0 Å². The molecule has 0 aromatic carbocycles. The van der Waals surface area contributed by atoms with Gasteiger partial charge in [-0.15, -0.1) is 0 Å². The second-order valence-electron chi connectivity index (χ2n) is 0.512. The van der Waals surface area contributed by atoms with E-state index in [1.54, 1.807) is 0 Å². The molecular weight excluding hydrogens is 345 g/mol. The first-order valence-electron chi connectivity index (χ1n) is 1.22. The fraction of sp³-hybridized carbons (Fsp3) is 1.00. The van der Waals surface area contributed by atoms with Crippen molar-refractivity contribution in [2.24, 2.45) is 5.73 Å². The van der Waals surface area contributed by atoms with Gasteiger partial charge in [0.05, 0.1) is 6.61 Å². The summed E-state index contributed by atoms with van der Waals surface area (Å²) in [6.07, 6.45) is 0. The molecule has 0 radical (unpaired) electrons. The molecule has 0 aromatic rings. The van der Waals surface area contributed by atoms with Crippen LogP contribution in [0.5, 0.6) is 0 Å². The molecule has 9 heteroatoms. The maximum Gasteiger partial charge on any atom is 0.0553 e. The van der Waals surface area contributed by atoms with Gasteiger partial charge < -0.3 is 43.7 Å². The van der Waals surface area contributed by atoms with E-state index < -0.39 is 0 Å². The minimum absolute atomic E-state index is 0. The van der Waals surface area contributed by atoms with Crippen LogP contribution in [0.3, 0.4) is 0 Å². The van der Waals surface area contributed by atoms with Gasteiger partial charge in [0.2, 0.25) is 0 Å². The van der Waals surface area contributed by atoms with Gasteiger partial charge in [0.15, 0.2) is 0 Å². The third-order valence-corrected chi connectivity index (χ3v) is 0.129. The van der Waals surface area contributed by atoms with Gasteiger partial charge in [-0.1, -0.05) is 0 Å². The number of aliphatic hydroxyl groups excluding tert-OH is 1. The van der Waals surface area contributed by atoms with Crippen LogP contribution in [0.4, 0.5) is 0 Å². The van der Waals surface area contributed by atoms with Gasteiger partial charge in [0.1, 0.15) is 0 Å². The summed E-state index contributed by atoms with van der Waals surface area (Å²) in [6.45, 7) is 0.472. The molecule has 0 aromatic heterocycles. The Bertz CT molecular complexity index is 18.4. The van der Waals surface area contributed by atoms with Gasteiger partial charge in [-0.2, -0.15) is 0 Å². The van der Waals surface area contributed by atoms with Crippen molar-refractivity contribution in [3.8, 4) is 0 Å². The van der Waals surface area contributed by atoms with Crippen molar-refractivity contribution in [2.45, 2.75) is 0 Å². The Kier molecular flexibility index (Phi) is 1590. The fourth-order valence-corrected chi connectivity index (χ4v) is 0. The molecule has 0 atom stereocenters. The summed E-state index contributed by atoms with van der Waals surface area (Å²) in [6, 6.07) is 0. The van der Waals surface area contributed by atoms with Crippen LogP contribution in [0.15, 0.2) is 0 Å². The number of hydrogen-bond donors (Lipinski definition) is 2. The number of nitrogens with two attached hydrogens (primary N) is 1. The molecule has 0 bridgehead atoms. The van der Waals surface area contributed by atoms with E-state index in [4.69, 9.17) is 10.8 Å². The first-order valence-corrected chi connectivity index (χ1v) is 1.22.